The molecule has 1 aromatic rings. The molecule has 2 saturated heterocycles. The normalized spacial score (nSPS) is 23.4. The van der Waals surface area contributed by atoms with Crippen LogP contribution in [0, 0.1) is 0 Å². The number of benzene rings is 1. The summed E-state index contributed by atoms with van der Waals surface area (Å²) in [6, 6.07) is 8.61. The number of imide groups is 1. The van der Waals surface area contributed by atoms with Gasteiger partial charge in [-0.1, -0.05) is 12.1 Å². The summed E-state index contributed by atoms with van der Waals surface area (Å²) in [5.74, 6) is -0.547. The second-order valence-electron chi connectivity index (χ2n) is 8.20. The molecular weight excluding hydrogens is 314 g/mol. The van der Waals surface area contributed by atoms with Crippen LogP contribution in [0.2, 0.25) is 0 Å². The van der Waals surface area contributed by atoms with Gasteiger partial charge in [0, 0.05) is 36.8 Å². The predicted molar refractivity (Wildman–Crippen MR) is 99.5 cm³/mol. The molecule has 25 heavy (non-hydrogen) atoms. The summed E-state index contributed by atoms with van der Waals surface area (Å²) in [4.78, 5) is 25.8. The average Bonchev–Trinajstić information content (AvgIpc) is 2.56. The summed E-state index contributed by atoms with van der Waals surface area (Å²) in [6.45, 7) is 9.06. The lowest BCUT2D eigenvalue weighted by Gasteiger charge is -2.41. The van der Waals surface area contributed by atoms with Crippen LogP contribution in [0.1, 0.15) is 57.9 Å². The molecule has 5 heteroatoms. The van der Waals surface area contributed by atoms with Crippen molar-refractivity contribution in [2.75, 3.05) is 18.4 Å². The van der Waals surface area contributed by atoms with Crippen molar-refractivity contribution in [2.24, 2.45) is 0 Å². The topological polar surface area (TPSA) is 61.4 Å². The molecule has 0 radical (unpaired) electrons. The summed E-state index contributed by atoms with van der Waals surface area (Å²) in [7, 11) is 0. The smallest absolute Gasteiger partial charge is 0.234 e. The first-order valence-electron chi connectivity index (χ1n) is 9.28. The number of likely N-dealkylation sites (tertiary alicyclic amines) is 1. The molecule has 2 fully saturated rings. The number of anilines is 1. The third-order valence-corrected chi connectivity index (χ3v) is 5.37. The van der Waals surface area contributed by atoms with E-state index in [4.69, 9.17) is 0 Å². The van der Waals surface area contributed by atoms with Crippen molar-refractivity contribution in [3.05, 3.63) is 29.8 Å². The highest BCUT2D eigenvalue weighted by Crippen LogP contribution is 2.27. The van der Waals surface area contributed by atoms with Crippen LogP contribution >= 0.6 is 0 Å². The number of piperidine rings is 2. The van der Waals surface area contributed by atoms with Crippen molar-refractivity contribution in [3.8, 4) is 0 Å². The lowest BCUT2D eigenvalue weighted by molar-refractivity contribution is -0.134. The number of hydrogen-bond acceptors (Lipinski definition) is 4. The van der Waals surface area contributed by atoms with Crippen molar-refractivity contribution >= 4 is 17.5 Å². The number of hydrogen-bond donors (Lipinski definition) is 2. The molecule has 0 aliphatic carbocycles. The molecule has 0 saturated carbocycles. The Hall–Kier alpha value is -1.88. The molecule has 2 heterocycles. The number of rotatable bonds is 3. The summed E-state index contributed by atoms with van der Waals surface area (Å²) < 4.78 is 0. The van der Waals surface area contributed by atoms with Crippen LogP contribution in [0.5, 0.6) is 0 Å². The Morgan fingerprint density at radius 2 is 1.68 bits per heavy atom. The second-order valence-corrected chi connectivity index (χ2v) is 8.20. The summed E-state index contributed by atoms with van der Waals surface area (Å²) in [6.07, 6.45) is 3.31. The van der Waals surface area contributed by atoms with Crippen molar-refractivity contribution in [1.29, 1.82) is 0 Å². The molecule has 2 aliphatic rings. The van der Waals surface area contributed by atoms with E-state index >= 15 is 0 Å². The van der Waals surface area contributed by atoms with Crippen LogP contribution in [0.3, 0.4) is 0 Å². The van der Waals surface area contributed by atoms with Gasteiger partial charge in [0.15, 0.2) is 0 Å². The maximum Gasteiger partial charge on any atom is 0.234 e. The van der Waals surface area contributed by atoms with Gasteiger partial charge in [0.2, 0.25) is 11.8 Å². The zero-order valence-corrected chi connectivity index (χ0v) is 15.5. The van der Waals surface area contributed by atoms with Crippen molar-refractivity contribution in [1.82, 2.24) is 10.2 Å². The molecule has 5 nitrogen and oxygen atoms in total. The van der Waals surface area contributed by atoms with E-state index in [-0.39, 0.29) is 23.3 Å². The molecule has 1 aromatic carbocycles. The first-order valence-corrected chi connectivity index (χ1v) is 9.28. The molecule has 0 spiro atoms. The van der Waals surface area contributed by atoms with E-state index < -0.39 is 0 Å². The Labute approximate surface area is 150 Å². The molecule has 1 atom stereocenters. The number of nitrogens with one attached hydrogen (secondary N) is 2. The van der Waals surface area contributed by atoms with E-state index in [9.17, 15) is 9.59 Å². The van der Waals surface area contributed by atoms with E-state index in [1.54, 1.807) is 0 Å². The fourth-order valence-electron chi connectivity index (χ4n) is 3.75. The van der Waals surface area contributed by atoms with E-state index in [2.05, 4.69) is 48.4 Å². The SMILES string of the molecule is CC(C)(C)N1CCC(Nc2ccc(C3CCC(=O)NC3=O)cc2)CC1. The van der Waals surface area contributed by atoms with Crippen LogP contribution in [0.4, 0.5) is 5.69 Å². The quantitative estimate of drug-likeness (QED) is 0.829. The first kappa shape index (κ1) is 17.9. The molecular formula is C20H29N3O2. The van der Waals surface area contributed by atoms with Gasteiger partial charge in [0.25, 0.3) is 0 Å². The van der Waals surface area contributed by atoms with Gasteiger partial charge in [0.1, 0.15) is 0 Å². The van der Waals surface area contributed by atoms with Crippen LogP contribution in [-0.2, 0) is 9.59 Å². The maximum absolute atomic E-state index is 12.0. The monoisotopic (exact) mass is 343 g/mol. The van der Waals surface area contributed by atoms with Crippen molar-refractivity contribution in [3.63, 3.8) is 0 Å². The third-order valence-electron chi connectivity index (χ3n) is 5.37. The number of nitrogens with zero attached hydrogens (tertiary/aromatic N) is 1. The van der Waals surface area contributed by atoms with Crippen LogP contribution in [-0.4, -0.2) is 41.4 Å². The second kappa shape index (κ2) is 7.16. The van der Waals surface area contributed by atoms with Crippen molar-refractivity contribution < 1.29 is 9.59 Å². The summed E-state index contributed by atoms with van der Waals surface area (Å²) in [5.41, 5.74) is 2.33. The summed E-state index contributed by atoms with van der Waals surface area (Å²) in [5, 5.41) is 6.05. The molecule has 2 N–H and O–H groups in total. The van der Waals surface area contributed by atoms with E-state index in [1.807, 2.05) is 12.1 Å². The van der Waals surface area contributed by atoms with Crippen LogP contribution < -0.4 is 10.6 Å². The Morgan fingerprint density at radius 3 is 2.24 bits per heavy atom. The lowest BCUT2D eigenvalue weighted by atomic mass is 9.90. The highest BCUT2D eigenvalue weighted by Gasteiger charge is 2.28. The zero-order chi connectivity index (χ0) is 18.0. The number of carbonyl (C=O) groups is 2. The maximum atomic E-state index is 12.0. The minimum atomic E-state index is -0.207. The van der Waals surface area contributed by atoms with E-state index in [1.165, 1.54) is 0 Å². The van der Waals surface area contributed by atoms with Crippen molar-refractivity contribution in [2.45, 2.75) is 64.0 Å². The van der Waals surface area contributed by atoms with Crippen LogP contribution in [0.15, 0.2) is 24.3 Å². The van der Waals surface area contributed by atoms with Crippen LogP contribution in [0.25, 0.3) is 0 Å². The van der Waals surface area contributed by atoms with Gasteiger partial charge in [-0.15, -0.1) is 0 Å². The van der Waals surface area contributed by atoms with Gasteiger partial charge >= 0.3 is 0 Å². The van der Waals surface area contributed by atoms with E-state index in [0.717, 1.165) is 37.2 Å². The molecule has 2 aliphatic heterocycles. The highest BCUT2D eigenvalue weighted by molar-refractivity contribution is 6.00. The molecule has 0 bridgehead atoms. The molecule has 136 valence electrons. The fraction of sp³-hybridized carbons (Fsp3) is 0.600. The minimum Gasteiger partial charge on any atom is -0.382 e. The van der Waals surface area contributed by atoms with Gasteiger partial charge in [-0.25, -0.2) is 0 Å². The highest BCUT2D eigenvalue weighted by atomic mass is 16.2. The fourth-order valence-corrected chi connectivity index (χ4v) is 3.75. The summed E-state index contributed by atoms with van der Waals surface area (Å²) >= 11 is 0. The minimum absolute atomic E-state index is 0.166. The third kappa shape index (κ3) is 4.40. The van der Waals surface area contributed by atoms with Gasteiger partial charge in [-0.2, -0.15) is 0 Å². The Morgan fingerprint density at radius 1 is 1.04 bits per heavy atom. The number of amides is 2. The number of carbonyl (C=O) groups excluding carboxylic acids is 2. The first-order chi connectivity index (χ1) is 11.8. The largest absolute Gasteiger partial charge is 0.382 e. The van der Waals surface area contributed by atoms with E-state index in [0.29, 0.717) is 18.9 Å². The predicted octanol–water partition coefficient (Wildman–Crippen LogP) is 2.88. The Kier molecular flexibility index (Phi) is 5.13. The average molecular weight is 343 g/mol. The molecule has 1 unspecified atom stereocenters. The van der Waals surface area contributed by atoms with Gasteiger partial charge in [-0.05, 0) is 57.7 Å². The zero-order valence-electron chi connectivity index (χ0n) is 15.5. The lowest BCUT2D eigenvalue weighted by Crippen LogP contribution is -2.48. The molecule has 3 rings (SSSR count). The van der Waals surface area contributed by atoms with Gasteiger partial charge < -0.3 is 5.32 Å². The Balaban J connectivity index is 1.55. The molecule has 2 amide bonds. The van der Waals surface area contributed by atoms with Gasteiger partial charge in [-0.3, -0.25) is 19.8 Å². The Bertz CT molecular complexity index is 625. The molecule has 0 aromatic heterocycles. The van der Waals surface area contributed by atoms with Gasteiger partial charge in [0.05, 0.1) is 5.92 Å². The standard InChI is InChI=1S/C20H29N3O2/c1-20(2,3)23-12-10-16(11-13-23)21-15-6-4-14(5-7-15)17-8-9-18(24)22-19(17)25/h4-7,16-17,21H,8-13H2,1-3H3,(H,22,24,25).